The summed E-state index contributed by atoms with van der Waals surface area (Å²) < 4.78 is 10.6. The van der Waals surface area contributed by atoms with Gasteiger partial charge in [-0.1, -0.05) is 12.1 Å². The van der Waals surface area contributed by atoms with E-state index in [1.807, 2.05) is 37.3 Å². The fourth-order valence-corrected chi connectivity index (χ4v) is 2.69. The van der Waals surface area contributed by atoms with E-state index in [9.17, 15) is 4.79 Å². The van der Waals surface area contributed by atoms with Crippen LogP contribution in [0.5, 0.6) is 11.5 Å². The van der Waals surface area contributed by atoms with Gasteiger partial charge in [-0.3, -0.25) is 9.78 Å². The zero-order valence-corrected chi connectivity index (χ0v) is 14.2. The van der Waals surface area contributed by atoms with E-state index < -0.39 is 0 Å². The molecule has 130 valence electrons. The Kier molecular flexibility index (Phi) is 4.15. The van der Waals surface area contributed by atoms with E-state index in [4.69, 9.17) is 9.47 Å². The molecular formula is C20H17N3O3. The summed E-state index contributed by atoms with van der Waals surface area (Å²) in [6.45, 7) is 2.23. The molecule has 2 aromatic carbocycles. The van der Waals surface area contributed by atoms with Crippen molar-refractivity contribution in [3.63, 3.8) is 0 Å². The summed E-state index contributed by atoms with van der Waals surface area (Å²) >= 11 is 0. The highest BCUT2D eigenvalue weighted by Crippen LogP contribution is 2.34. The lowest BCUT2D eigenvalue weighted by Gasteiger charge is -2.09. The van der Waals surface area contributed by atoms with Crippen molar-refractivity contribution in [1.29, 1.82) is 0 Å². The first-order valence-electron chi connectivity index (χ1n) is 8.18. The maximum absolute atomic E-state index is 12.5. The van der Waals surface area contributed by atoms with Gasteiger partial charge in [0.25, 0.3) is 5.91 Å². The Morgan fingerprint density at radius 3 is 2.69 bits per heavy atom. The number of pyridine rings is 1. The molecule has 4 rings (SSSR count). The Morgan fingerprint density at radius 2 is 1.81 bits per heavy atom. The Hall–Kier alpha value is -3.54. The lowest BCUT2D eigenvalue weighted by atomic mass is 10.2. The van der Waals surface area contributed by atoms with E-state index in [2.05, 4.69) is 15.6 Å². The molecule has 6 heteroatoms. The largest absolute Gasteiger partial charge is 0.454 e. The van der Waals surface area contributed by atoms with Crippen LogP contribution in [0.3, 0.4) is 0 Å². The number of amides is 1. The molecule has 0 bridgehead atoms. The van der Waals surface area contributed by atoms with Crippen molar-refractivity contribution in [3.8, 4) is 11.5 Å². The highest BCUT2D eigenvalue weighted by atomic mass is 16.7. The molecule has 1 aromatic heterocycles. The molecule has 0 radical (unpaired) electrons. The van der Waals surface area contributed by atoms with E-state index in [1.165, 1.54) is 0 Å². The lowest BCUT2D eigenvalue weighted by molar-refractivity contribution is 0.102. The summed E-state index contributed by atoms with van der Waals surface area (Å²) in [5, 5.41) is 6.10. The van der Waals surface area contributed by atoms with Gasteiger partial charge in [-0.2, -0.15) is 0 Å². The molecule has 0 aliphatic carbocycles. The smallest absolute Gasteiger partial charge is 0.274 e. The number of carbonyl (C=O) groups excluding carboxylic acids is 1. The van der Waals surface area contributed by atoms with Crippen LogP contribution in [0.1, 0.15) is 16.1 Å². The maximum Gasteiger partial charge on any atom is 0.274 e. The Bertz CT molecular complexity index is 972. The first kappa shape index (κ1) is 16.0. The second-order valence-corrected chi connectivity index (χ2v) is 5.95. The van der Waals surface area contributed by atoms with Crippen LogP contribution >= 0.6 is 0 Å². The third-order valence-corrected chi connectivity index (χ3v) is 3.93. The van der Waals surface area contributed by atoms with E-state index in [-0.39, 0.29) is 12.7 Å². The minimum absolute atomic E-state index is 0.195. The van der Waals surface area contributed by atoms with Crippen LogP contribution in [0.2, 0.25) is 0 Å². The first-order chi connectivity index (χ1) is 12.7. The normalized spacial score (nSPS) is 11.9. The van der Waals surface area contributed by atoms with Crippen LogP contribution in [0.4, 0.5) is 17.1 Å². The van der Waals surface area contributed by atoms with Gasteiger partial charge in [0.1, 0.15) is 5.69 Å². The first-order valence-corrected chi connectivity index (χ1v) is 8.18. The predicted molar refractivity (Wildman–Crippen MR) is 99.2 cm³/mol. The fraction of sp³-hybridized carbons (Fsp3) is 0.100. The van der Waals surface area contributed by atoms with E-state index in [0.717, 1.165) is 16.9 Å². The van der Waals surface area contributed by atoms with Gasteiger partial charge in [-0.15, -0.1) is 0 Å². The van der Waals surface area contributed by atoms with Gasteiger partial charge in [0.15, 0.2) is 11.5 Å². The van der Waals surface area contributed by atoms with Crippen molar-refractivity contribution in [2.24, 2.45) is 0 Å². The number of hydrogen-bond donors (Lipinski definition) is 2. The van der Waals surface area contributed by atoms with E-state index >= 15 is 0 Å². The molecule has 1 aliphatic heterocycles. The minimum atomic E-state index is -0.295. The SMILES string of the molecule is Cc1cccc(Nc2ccnc(C(=O)Nc3ccc4c(c3)OCO4)c2)c1. The number of nitrogens with zero attached hydrogens (tertiary/aromatic N) is 1. The quantitative estimate of drug-likeness (QED) is 0.743. The zero-order chi connectivity index (χ0) is 17.9. The lowest BCUT2D eigenvalue weighted by Crippen LogP contribution is -2.13. The summed E-state index contributed by atoms with van der Waals surface area (Å²) in [5.41, 5.74) is 3.85. The second kappa shape index (κ2) is 6.76. The number of anilines is 3. The minimum Gasteiger partial charge on any atom is -0.454 e. The summed E-state index contributed by atoms with van der Waals surface area (Å²) in [5.74, 6) is 0.993. The van der Waals surface area contributed by atoms with Gasteiger partial charge in [0.2, 0.25) is 6.79 Å². The topological polar surface area (TPSA) is 72.5 Å². The summed E-state index contributed by atoms with van der Waals surface area (Å²) in [6, 6.07) is 16.8. The van der Waals surface area contributed by atoms with Gasteiger partial charge in [0.05, 0.1) is 0 Å². The number of hydrogen-bond acceptors (Lipinski definition) is 5. The number of ether oxygens (including phenoxy) is 2. The zero-order valence-electron chi connectivity index (χ0n) is 14.2. The van der Waals surface area contributed by atoms with Crippen LogP contribution in [0.25, 0.3) is 0 Å². The number of fused-ring (bicyclic) bond motifs is 1. The number of aromatic nitrogens is 1. The van der Waals surface area contributed by atoms with Crippen molar-refractivity contribution in [3.05, 3.63) is 72.1 Å². The standard InChI is InChI=1S/C20H17N3O3/c1-13-3-2-4-14(9-13)22-16-7-8-21-17(10-16)20(24)23-15-5-6-18-19(11-15)26-12-25-18/h2-11H,12H2,1H3,(H,21,22)(H,23,24). The fourth-order valence-electron chi connectivity index (χ4n) is 2.69. The van der Waals surface area contributed by atoms with E-state index in [1.54, 1.807) is 30.5 Å². The number of rotatable bonds is 4. The third-order valence-electron chi connectivity index (χ3n) is 3.93. The molecule has 2 N–H and O–H groups in total. The highest BCUT2D eigenvalue weighted by molar-refractivity contribution is 6.03. The molecular weight excluding hydrogens is 330 g/mol. The van der Waals surface area contributed by atoms with Crippen LogP contribution in [0.15, 0.2) is 60.8 Å². The summed E-state index contributed by atoms with van der Waals surface area (Å²) in [7, 11) is 0. The van der Waals surface area contributed by atoms with E-state index in [0.29, 0.717) is 22.9 Å². The van der Waals surface area contributed by atoms with Crippen LogP contribution in [0, 0.1) is 6.92 Å². The molecule has 0 unspecified atom stereocenters. The van der Waals surface area contributed by atoms with Gasteiger partial charge in [-0.05, 0) is 48.9 Å². The van der Waals surface area contributed by atoms with Gasteiger partial charge in [0, 0.05) is 29.3 Å². The van der Waals surface area contributed by atoms with Crippen molar-refractivity contribution in [1.82, 2.24) is 4.98 Å². The number of nitrogens with one attached hydrogen (secondary N) is 2. The highest BCUT2D eigenvalue weighted by Gasteiger charge is 2.15. The molecule has 0 saturated heterocycles. The molecule has 1 amide bonds. The average molecular weight is 347 g/mol. The van der Waals surface area contributed by atoms with Crippen LogP contribution in [-0.4, -0.2) is 17.7 Å². The average Bonchev–Trinajstić information content (AvgIpc) is 3.10. The van der Waals surface area contributed by atoms with Crippen LogP contribution in [-0.2, 0) is 0 Å². The van der Waals surface area contributed by atoms with Crippen LogP contribution < -0.4 is 20.1 Å². The Balaban J connectivity index is 1.49. The molecule has 1 aliphatic rings. The molecule has 0 fully saturated rings. The van der Waals surface area contributed by atoms with Crippen molar-refractivity contribution in [2.75, 3.05) is 17.4 Å². The number of aryl methyl sites for hydroxylation is 1. The Morgan fingerprint density at radius 1 is 0.962 bits per heavy atom. The van der Waals surface area contributed by atoms with Crippen molar-refractivity contribution < 1.29 is 14.3 Å². The number of benzene rings is 2. The summed E-state index contributed by atoms with van der Waals surface area (Å²) in [4.78, 5) is 16.7. The maximum atomic E-state index is 12.5. The van der Waals surface area contributed by atoms with Gasteiger partial charge < -0.3 is 20.1 Å². The number of carbonyl (C=O) groups is 1. The molecule has 0 atom stereocenters. The predicted octanol–water partition coefficient (Wildman–Crippen LogP) is 4.11. The Labute approximate surface area is 150 Å². The molecule has 3 aromatic rings. The molecule has 0 saturated carbocycles. The van der Waals surface area contributed by atoms with Gasteiger partial charge in [-0.25, -0.2) is 0 Å². The van der Waals surface area contributed by atoms with Gasteiger partial charge >= 0.3 is 0 Å². The molecule has 0 spiro atoms. The molecule has 26 heavy (non-hydrogen) atoms. The van der Waals surface area contributed by atoms with Crippen molar-refractivity contribution in [2.45, 2.75) is 6.92 Å². The molecule has 6 nitrogen and oxygen atoms in total. The third kappa shape index (κ3) is 3.44. The monoisotopic (exact) mass is 347 g/mol. The molecule has 2 heterocycles. The van der Waals surface area contributed by atoms with Crippen molar-refractivity contribution >= 4 is 23.0 Å². The summed E-state index contributed by atoms with van der Waals surface area (Å²) in [6.07, 6.45) is 1.60. The second-order valence-electron chi connectivity index (χ2n) is 5.95.